The first kappa shape index (κ1) is 17.1. The molecule has 1 aliphatic heterocycles. The summed E-state index contributed by atoms with van der Waals surface area (Å²) < 4.78 is 12.1. The number of carbonyl (C=O) groups excluding carboxylic acids is 1. The molecule has 5 heteroatoms. The Kier molecular flexibility index (Phi) is 7.43. The molecule has 1 N–H and O–H groups in total. The lowest BCUT2D eigenvalue weighted by Gasteiger charge is -2.28. The van der Waals surface area contributed by atoms with Crippen LogP contribution in [0.1, 0.15) is 32.1 Å². The van der Waals surface area contributed by atoms with E-state index in [-0.39, 0.29) is 12.3 Å². The lowest BCUT2D eigenvalue weighted by molar-refractivity contribution is -0.146. The molecule has 116 valence electrons. The van der Waals surface area contributed by atoms with Crippen molar-refractivity contribution in [2.45, 2.75) is 32.1 Å². The van der Waals surface area contributed by atoms with Gasteiger partial charge in [0, 0.05) is 25.1 Å². The molecular weight excluding hydrogens is 273 g/mol. The Morgan fingerprint density at radius 2 is 2.19 bits per heavy atom. The first-order valence-corrected chi connectivity index (χ1v) is 7.15. The van der Waals surface area contributed by atoms with E-state index in [0.717, 1.165) is 18.5 Å². The van der Waals surface area contributed by atoms with E-state index >= 15 is 0 Å². The predicted molar refractivity (Wildman–Crippen MR) is 79.3 cm³/mol. The van der Waals surface area contributed by atoms with Gasteiger partial charge in [0.05, 0.1) is 5.92 Å². The highest BCUT2D eigenvalue weighted by molar-refractivity contribution is 5.83. The fourth-order valence-corrected chi connectivity index (χ4v) is 2.39. The maximum Gasteiger partial charge on any atom is 0.307 e. The largest absolute Gasteiger partial charge is 0.481 e. The minimum Gasteiger partial charge on any atom is -0.481 e. The highest BCUT2D eigenvalue weighted by Crippen LogP contribution is 2.22. The number of aliphatic carboxylic acids is 1. The first-order chi connectivity index (χ1) is 10.1. The van der Waals surface area contributed by atoms with Gasteiger partial charge in [0.2, 0.25) is 5.91 Å². The summed E-state index contributed by atoms with van der Waals surface area (Å²) in [5, 5.41) is 9.12. The molecule has 0 bridgehead atoms. The predicted octanol–water partition coefficient (Wildman–Crippen LogP) is 3.08. The number of halogens is 1. The maximum absolute atomic E-state index is 12.3. The molecule has 1 heterocycles. The van der Waals surface area contributed by atoms with Gasteiger partial charge in [-0.15, -0.1) is 0 Å². The van der Waals surface area contributed by atoms with Crippen molar-refractivity contribution in [2.75, 3.05) is 13.2 Å². The van der Waals surface area contributed by atoms with E-state index in [0.29, 0.717) is 19.4 Å². The fourth-order valence-electron chi connectivity index (χ4n) is 2.39. The van der Waals surface area contributed by atoms with Crippen LogP contribution in [0.25, 0.3) is 0 Å². The Morgan fingerprint density at radius 3 is 2.81 bits per heavy atom. The molecule has 0 aromatic rings. The smallest absolute Gasteiger partial charge is 0.307 e. The summed E-state index contributed by atoms with van der Waals surface area (Å²) in [6, 6.07) is 0. The molecule has 1 atom stereocenters. The minimum absolute atomic E-state index is 0.0106. The molecule has 0 spiro atoms. The zero-order valence-corrected chi connectivity index (χ0v) is 12.1. The topological polar surface area (TPSA) is 57.6 Å². The van der Waals surface area contributed by atoms with Crippen molar-refractivity contribution in [3.8, 4) is 0 Å². The van der Waals surface area contributed by atoms with Crippen molar-refractivity contribution in [2.24, 2.45) is 5.92 Å². The molecule has 0 saturated carbocycles. The second-order valence-corrected chi connectivity index (χ2v) is 5.00. The van der Waals surface area contributed by atoms with Crippen molar-refractivity contribution >= 4 is 11.9 Å². The van der Waals surface area contributed by atoms with Crippen molar-refractivity contribution in [1.29, 1.82) is 0 Å². The van der Waals surface area contributed by atoms with E-state index in [2.05, 4.69) is 6.58 Å². The van der Waals surface area contributed by atoms with Crippen LogP contribution in [0.2, 0.25) is 0 Å². The number of hydrogen-bond acceptors (Lipinski definition) is 2. The van der Waals surface area contributed by atoms with Crippen LogP contribution in [0.5, 0.6) is 0 Å². The molecular formula is C16H22FNO3. The number of alkyl halides is 1. The molecule has 21 heavy (non-hydrogen) atoms. The number of carboxylic acid groups (broad SMARTS) is 1. The monoisotopic (exact) mass is 295 g/mol. The van der Waals surface area contributed by atoms with Gasteiger partial charge < -0.3 is 10.0 Å². The Bertz CT molecular complexity index is 443. The van der Waals surface area contributed by atoms with Gasteiger partial charge in [-0.25, -0.2) is 4.39 Å². The van der Waals surface area contributed by atoms with E-state index in [1.54, 1.807) is 23.1 Å². The number of rotatable bonds is 6. The third-order valence-electron chi connectivity index (χ3n) is 3.50. The van der Waals surface area contributed by atoms with Gasteiger partial charge >= 0.3 is 5.97 Å². The van der Waals surface area contributed by atoms with E-state index in [4.69, 9.17) is 5.11 Å². The van der Waals surface area contributed by atoms with E-state index in [9.17, 15) is 14.0 Å². The Balaban J connectivity index is 2.86. The average Bonchev–Trinajstić information content (AvgIpc) is 2.42. The highest BCUT2D eigenvalue weighted by Gasteiger charge is 2.27. The van der Waals surface area contributed by atoms with Gasteiger partial charge in [0.15, 0.2) is 0 Å². The lowest BCUT2D eigenvalue weighted by Crippen LogP contribution is -2.35. The molecule has 0 radical (unpaired) electrons. The van der Waals surface area contributed by atoms with Crippen molar-refractivity contribution in [1.82, 2.24) is 4.90 Å². The summed E-state index contributed by atoms with van der Waals surface area (Å²) in [4.78, 5) is 25.1. The first-order valence-electron chi connectivity index (χ1n) is 7.15. The van der Waals surface area contributed by atoms with Gasteiger partial charge in [-0.3, -0.25) is 9.59 Å². The number of carboxylic acids is 1. The Hall–Kier alpha value is -1.91. The molecule has 0 aromatic carbocycles. The van der Waals surface area contributed by atoms with Crippen LogP contribution in [0.4, 0.5) is 4.39 Å². The van der Waals surface area contributed by atoms with E-state index in [1.165, 1.54) is 6.08 Å². The summed E-state index contributed by atoms with van der Waals surface area (Å²) in [6.45, 7) is 3.65. The zero-order chi connectivity index (χ0) is 15.7. The quantitative estimate of drug-likeness (QED) is 0.605. The SMILES string of the molecule is C=C/C=C(\C/C=C\CF)N1CCCCC(C(=O)O)CC1=O. The van der Waals surface area contributed by atoms with E-state index in [1.807, 2.05) is 0 Å². The summed E-state index contributed by atoms with van der Waals surface area (Å²) in [5.74, 6) is -1.73. The molecule has 1 aliphatic rings. The van der Waals surface area contributed by atoms with Crippen LogP contribution >= 0.6 is 0 Å². The van der Waals surface area contributed by atoms with Crippen LogP contribution in [0.3, 0.4) is 0 Å². The highest BCUT2D eigenvalue weighted by atomic mass is 19.1. The zero-order valence-electron chi connectivity index (χ0n) is 12.1. The summed E-state index contributed by atoms with van der Waals surface area (Å²) >= 11 is 0. The molecule has 1 saturated heterocycles. The van der Waals surface area contributed by atoms with Crippen molar-refractivity contribution in [3.63, 3.8) is 0 Å². The second kappa shape index (κ2) is 9.10. The van der Waals surface area contributed by atoms with Gasteiger partial charge in [-0.05, 0) is 18.9 Å². The number of hydrogen-bond donors (Lipinski definition) is 1. The normalized spacial score (nSPS) is 21.2. The molecule has 0 aromatic heterocycles. The maximum atomic E-state index is 12.3. The number of amides is 1. The summed E-state index contributed by atoms with van der Waals surface area (Å²) in [7, 11) is 0. The van der Waals surface area contributed by atoms with Crippen molar-refractivity contribution < 1.29 is 19.1 Å². The van der Waals surface area contributed by atoms with Gasteiger partial charge in [0.1, 0.15) is 6.67 Å². The van der Waals surface area contributed by atoms with Crippen LogP contribution in [0.15, 0.2) is 36.6 Å². The summed E-state index contributed by atoms with van der Waals surface area (Å²) in [6.07, 6.45) is 8.88. The van der Waals surface area contributed by atoms with Gasteiger partial charge in [0.25, 0.3) is 0 Å². The summed E-state index contributed by atoms with van der Waals surface area (Å²) in [5.41, 5.74) is 0.728. The number of carbonyl (C=O) groups is 2. The Labute approximate surface area is 124 Å². The van der Waals surface area contributed by atoms with Gasteiger partial charge in [-0.2, -0.15) is 0 Å². The van der Waals surface area contributed by atoms with E-state index < -0.39 is 18.6 Å². The van der Waals surface area contributed by atoms with Crippen LogP contribution < -0.4 is 0 Å². The minimum atomic E-state index is -0.920. The molecule has 0 aliphatic carbocycles. The van der Waals surface area contributed by atoms with Crippen LogP contribution in [0, 0.1) is 5.92 Å². The van der Waals surface area contributed by atoms with Crippen molar-refractivity contribution in [3.05, 3.63) is 36.6 Å². The molecule has 1 fully saturated rings. The average molecular weight is 295 g/mol. The second-order valence-electron chi connectivity index (χ2n) is 5.00. The standard InChI is InChI=1S/C16H22FNO3/c1-2-7-14(9-3-5-10-17)18-11-6-4-8-13(16(20)21)12-15(18)19/h2-3,5,7,13H,1,4,6,8-12H2,(H,20,21)/b5-3-,14-7+. The molecule has 4 nitrogen and oxygen atoms in total. The third-order valence-corrected chi connectivity index (χ3v) is 3.50. The lowest BCUT2D eigenvalue weighted by atomic mass is 9.95. The van der Waals surface area contributed by atoms with Crippen LogP contribution in [-0.2, 0) is 9.59 Å². The third kappa shape index (κ3) is 5.53. The molecule has 1 rings (SSSR count). The molecule has 1 unspecified atom stereocenters. The number of nitrogens with zero attached hydrogens (tertiary/aromatic N) is 1. The van der Waals surface area contributed by atoms with Gasteiger partial charge in [-0.1, -0.05) is 31.2 Å². The Morgan fingerprint density at radius 1 is 1.43 bits per heavy atom. The van der Waals surface area contributed by atoms with Crippen LogP contribution in [-0.4, -0.2) is 35.1 Å². The number of likely N-dealkylation sites (tertiary alicyclic amines) is 1. The molecule has 1 amide bonds. The fraction of sp³-hybridized carbons (Fsp3) is 0.500. The number of allylic oxidation sites excluding steroid dienone is 4.